The van der Waals surface area contributed by atoms with Crippen molar-refractivity contribution in [2.24, 2.45) is 0 Å². The van der Waals surface area contributed by atoms with E-state index >= 15 is 0 Å². The highest BCUT2D eigenvalue weighted by molar-refractivity contribution is 14.1. The molecule has 1 fully saturated rings. The molecule has 0 unspecified atom stereocenters. The van der Waals surface area contributed by atoms with Gasteiger partial charge in [-0.1, -0.05) is 0 Å². The average Bonchev–Trinajstić information content (AvgIpc) is 1.83. The number of piperazine rings is 1. The molecule has 1 heterocycles. The molecule has 1 rings (SSSR count). The van der Waals surface area contributed by atoms with E-state index in [1.807, 2.05) is 22.9 Å². The normalized spacial score (nSPS) is 19.9. The molecule has 9 heavy (non-hydrogen) atoms. The van der Waals surface area contributed by atoms with Crippen molar-refractivity contribution in [3.63, 3.8) is 0 Å². The van der Waals surface area contributed by atoms with Crippen LogP contribution in [-0.2, 0) is 9.59 Å². The standard InChI is InChI=1S/C4H5IN2O2/c5-7-2-1-6-3(8)4(7)9/h1-2H2,(H,6,8). The van der Waals surface area contributed by atoms with Crippen molar-refractivity contribution < 1.29 is 9.59 Å². The third-order valence-corrected chi connectivity index (χ3v) is 1.93. The third-order valence-electron chi connectivity index (χ3n) is 1.01. The smallest absolute Gasteiger partial charge is 0.320 e. The molecule has 50 valence electrons. The Morgan fingerprint density at radius 2 is 2.22 bits per heavy atom. The van der Waals surface area contributed by atoms with E-state index in [2.05, 4.69) is 5.32 Å². The maximum Gasteiger partial charge on any atom is 0.320 e. The molecule has 0 saturated carbocycles. The average molecular weight is 240 g/mol. The van der Waals surface area contributed by atoms with E-state index in [9.17, 15) is 9.59 Å². The van der Waals surface area contributed by atoms with E-state index in [0.29, 0.717) is 13.1 Å². The number of carbonyl (C=O) groups excluding carboxylic acids is 2. The van der Waals surface area contributed by atoms with E-state index in [4.69, 9.17) is 0 Å². The lowest BCUT2D eigenvalue weighted by atomic mass is 10.4. The van der Waals surface area contributed by atoms with Gasteiger partial charge in [0, 0.05) is 13.1 Å². The number of hydrogen-bond donors (Lipinski definition) is 1. The fourth-order valence-corrected chi connectivity index (χ4v) is 1.02. The minimum Gasteiger partial charge on any atom is -0.346 e. The molecule has 0 bridgehead atoms. The Labute approximate surface area is 66.1 Å². The van der Waals surface area contributed by atoms with E-state index in [-0.39, 0.29) is 0 Å². The summed E-state index contributed by atoms with van der Waals surface area (Å²) in [5, 5.41) is 2.43. The second-order valence-corrected chi connectivity index (χ2v) is 2.81. The first-order valence-electron chi connectivity index (χ1n) is 2.47. The summed E-state index contributed by atoms with van der Waals surface area (Å²) < 4.78 is 1.37. The Balaban J connectivity index is 2.62. The summed E-state index contributed by atoms with van der Waals surface area (Å²) in [5.74, 6) is -0.961. The SMILES string of the molecule is O=C1NCCN(I)C1=O. The second kappa shape index (κ2) is 2.51. The molecule has 0 atom stereocenters. The first-order chi connectivity index (χ1) is 4.22. The number of rotatable bonds is 0. The maximum atomic E-state index is 10.6. The minimum atomic E-state index is -0.504. The monoisotopic (exact) mass is 240 g/mol. The van der Waals surface area contributed by atoms with Crippen molar-refractivity contribution in [2.45, 2.75) is 0 Å². The topological polar surface area (TPSA) is 49.4 Å². The number of nitrogens with zero attached hydrogens (tertiary/aromatic N) is 1. The van der Waals surface area contributed by atoms with Crippen LogP contribution in [0, 0.1) is 0 Å². The molecular weight excluding hydrogens is 235 g/mol. The summed E-state index contributed by atoms with van der Waals surface area (Å²) in [7, 11) is 0. The Morgan fingerprint density at radius 1 is 1.56 bits per heavy atom. The van der Waals surface area contributed by atoms with Crippen LogP contribution >= 0.6 is 22.9 Å². The van der Waals surface area contributed by atoms with Crippen LogP contribution in [-0.4, -0.2) is 28.0 Å². The highest BCUT2D eigenvalue weighted by Gasteiger charge is 2.23. The zero-order valence-corrected chi connectivity index (χ0v) is 6.71. The van der Waals surface area contributed by atoms with Crippen LogP contribution in [0.15, 0.2) is 0 Å². The molecule has 0 aromatic carbocycles. The molecule has 1 aliphatic heterocycles. The third kappa shape index (κ3) is 1.32. The summed E-state index contributed by atoms with van der Waals surface area (Å²) in [6.45, 7) is 1.17. The van der Waals surface area contributed by atoms with E-state index in [1.165, 1.54) is 3.11 Å². The quantitative estimate of drug-likeness (QED) is 0.345. The molecule has 0 aromatic heterocycles. The van der Waals surface area contributed by atoms with Gasteiger partial charge in [0.05, 0.1) is 22.9 Å². The Bertz CT molecular complexity index is 159. The zero-order chi connectivity index (χ0) is 6.85. The minimum absolute atomic E-state index is 0.457. The van der Waals surface area contributed by atoms with Crippen molar-refractivity contribution in [1.29, 1.82) is 0 Å². The van der Waals surface area contributed by atoms with Gasteiger partial charge < -0.3 is 5.32 Å². The number of nitrogens with one attached hydrogen (secondary N) is 1. The second-order valence-electron chi connectivity index (χ2n) is 1.65. The predicted octanol–water partition coefficient (Wildman–Crippen LogP) is -0.705. The molecule has 1 saturated heterocycles. The van der Waals surface area contributed by atoms with Gasteiger partial charge in [-0.25, -0.2) is 0 Å². The van der Waals surface area contributed by atoms with Crippen molar-refractivity contribution in [3.8, 4) is 0 Å². The number of amides is 2. The molecule has 0 radical (unpaired) electrons. The number of halogens is 1. The van der Waals surface area contributed by atoms with Gasteiger partial charge in [0.15, 0.2) is 0 Å². The van der Waals surface area contributed by atoms with E-state index in [0.717, 1.165) is 0 Å². The molecule has 1 N–H and O–H groups in total. The lowest BCUT2D eigenvalue weighted by Crippen LogP contribution is -2.47. The Kier molecular flexibility index (Phi) is 1.89. The summed E-state index contributed by atoms with van der Waals surface area (Å²) in [4.78, 5) is 21.1. The van der Waals surface area contributed by atoms with E-state index in [1.54, 1.807) is 0 Å². The first kappa shape index (κ1) is 6.79. The van der Waals surface area contributed by atoms with Gasteiger partial charge in [-0.05, 0) is 0 Å². The largest absolute Gasteiger partial charge is 0.346 e. The summed E-state index contributed by atoms with van der Waals surface area (Å²) in [6, 6.07) is 0. The first-order valence-corrected chi connectivity index (χ1v) is 3.44. The summed E-state index contributed by atoms with van der Waals surface area (Å²) >= 11 is 1.82. The number of hydrogen-bond acceptors (Lipinski definition) is 2. The van der Waals surface area contributed by atoms with Crippen LogP contribution in [0.2, 0.25) is 0 Å². The highest BCUT2D eigenvalue weighted by atomic mass is 127. The Morgan fingerprint density at radius 3 is 2.67 bits per heavy atom. The maximum absolute atomic E-state index is 10.6. The van der Waals surface area contributed by atoms with Gasteiger partial charge in [-0.15, -0.1) is 0 Å². The molecule has 0 aliphatic carbocycles. The van der Waals surface area contributed by atoms with Crippen molar-refractivity contribution in [3.05, 3.63) is 0 Å². The van der Waals surface area contributed by atoms with Gasteiger partial charge >= 0.3 is 11.8 Å². The van der Waals surface area contributed by atoms with Crippen LogP contribution in [0.3, 0.4) is 0 Å². The molecule has 2 amide bonds. The van der Waals surface area contributed by atoms with Crippen molar-refractivity contribution in [1.82, 2.24) is 8.43 Å². The lowest BCUT2D eigenvalue weighted by Gasteiger charge is -2.18. The van der Waals surface area contributed by atoms with Crippen LogP contribution in [0.25, 0.3) is 0 Å². The zero-order valence-electron chi connectivity index (χ0n) is 4.56. The molecular formula is C4H5IN2O2. The van der Waals surface area contributed by atoms with Gasteiger partial charge in [0.1, 0.15) is 0 Å². The lowest BCUT2D eigenvalue weighted by molar-refractivity contribution is -0.143. The Hall–Kier alpha value is -0.330. The van der Waals surface area contributed by atoms with Crippen molar-refractivity contribution in [2.75, 3.05) is 13.1 Å². The fourth-order valence-electron chi connectivity index (χ4n) is 0.555. The molecule has 4 nitrogen and oxygen atoms in total. The van der Waals surface area contributed by atoms with Crippen LogP contribution in [0.5, 0.6) is 0 Å². The molecule has 0 spiro atoms. The van der Waals surface area contributed by atoms with Crippen LogP contribution in [0.1, 0.15) is 0 Å². The predicted molar refractivity (Wildman–Crippen MR) is 38.7 cm³/mol. The van der Waals surface area contributed by atoms with Gasteiger partial charge in [-0.2, -0.15) is 0 Å². The fraction of sp³-hybridized carbons (Fsp3) is 0.500. The molecule has 1 aliphatic rings. The van der Waals surface area contributed by atoms with Crippen LogP contribution < -0.4 is 5.32 Å². The summed E-state index contributed by atoms with van der Waals surface area (Å²) in [5.41, 5.74) is 0. The van der Waals surface area contributed by atoms with Crippen molar-refractivity contribution >= 4 is 34.7 Å². The highest BCUT2D eigenvalue weighted by Crippen LogP contribution is 2.01. The van der Waals surface area contributed by atoms with Gasteiger partial charge in [-0.3, -0.25) is 12.7 Å². The van der Waals surface area contributed by atoms with Gasteiger partial charge in [0.2, 0.25) is 0 Å². The van der Waals surface area contributed by atoms with Gasteiger partial charge in [0.25, 0.3) is 0 Å². The van der Waals surface area contributed by atoms with E-state index < -0.39 is 11.8 Å². The number of carbonyl (C=O) groups is 2. The summed E-state index contributed by atoms with van der Waals surface area (Å²) in [6.07, 6.45) is 0. The van der Waals surface area contributed by atoms with Crippen LogP contribution in [0.4, 0.5) is 0 Å². The molecule has 5 heteroatoms. The molecule has 0 aromatic rings.